The van der Waals surface area contributed by atoms with E-state index in [0.717, 1.165) is 21.4 Å². The maximum absolute atomic E-state index is 6.30. The summed E-state index contributed by atoms with van der Waals surface area (Å²) in [5.74, 6) is 0.963. The third kappa shape index (κ3) is 3.51. The normalized spacial score (nSPS) is 16.7. The van der Waals surface area contributed by atoms with Crippen LogP contribution in [0.1, 0.15) is 22.7 Å². The van der Waals surface area contributed by atoms with Gasteiger partial charge in [-0.2, -0.15) is 0 Å². The van der Waals surface area contributed by atoms with Crippen LogP contribution in [0.15, 0.2) is 77.8 Å². The molecule has 0 N–H and O–H groups in total. The molecule has 3 aromatic rings. The minimum atomic E-state index is 0.198. The van der Waals surface area contributed by atoms with Gasteiger partial charge in [-0.3, -0.25) is 4.99 Å². The summed E-state index contributed by atoms with van der Waals surface area (Å²) in [6.07, 6.45) is 0. The van der Waals surface area contributed by atoms with Crippen LogP contribution in [0.25, 0.3) is 11.1 Å². The molecule has 4 rings (SSSR count). The number of benzene rings is 3. The molecule has 1 nitrogen and oxygen atoms in total. The van der Waals surface area contributed by atoms with E-state index in [4.69, 9.17) is 16.6 Å². The molecule has 1 aliphatic rings. The number of halogens is 1. The minimum absolute atomic E-state index is 0.198. The summed E-state index contributed by atoms with van der Waals surface area (Å²) in [7, 11) is 0. The van der Waals surface area contributed by atoms with Crippen molar-refractivity contribution in [3.05, 3.63) is 94.5 Å². The molecule has 0 saturated heterocycles. The van der Waals surface area contributed by atoms with Crippen LogP contribution >= 0.6 is 23.4 Å². The van der Waals surface area contributed by atoms with Crippen molar-refractivity contribution in [3.8, 4) is 11.1 Å². The summed E-state index contributed by atoms with van der Waals surface area (Å²) in [4.78, 5) is 4.90. The molecule has 0 spiro atoms. The fraction of sp³-hybridized carbons (Fsp3) is 0.136. The molecule has 0 amide bonds. The van der Waals surface area contributed by atoms with E-state index in [1.165, 1.54) is 22.3 Å². The monoisotopic (exact) mass is 363 g/mol. The molecule has 3 aromatic carbocycles. The Balaban J connectivity index is 1.57. The maximum Gasteiger partial charge on any atom is 0.100 e. The van der Waals surface area contributed by atoms with E-state index in [1.807, 2.05) is 24.3 Å². The SMILES string of the molecule is Cc1ccc(-c2ccc(C3CSC(c4ccccc4Cl)=N3)cc2)cc1. The van der Waals surface area contributed by atoms with E-state index >= 15 is 0 Å². The maximum atomic E-state index is 6.30. The number of thioether (sulfide) groups is 1. The quantitative estimate of drug-likeness (QED) is 0.514. The van der Waals surface area contributed by atoms with Crippen LogP contribution in [0.5, 0.6) is 0 Å². The number of hydrogen-bond acceptors (Lipinski definition) is 2. The average molecular weight is 364 g/mol. The van der Waals surface area contributed by atoms with Gasteiger partial charge in [0.1, 0.15) is 5.04 Å². The molecule has 1 unspecified atom stereocenters. The number of aryl methyl sites for hydroxylation is 1. The lowest BCUT2D eigenvalue weighted by atomic mass is 10.0. The van der Waals surface area contributed by atoms with Crippen LogP contribution in [-0.2, 0) is 0 Å². The second-order valence-corrected chi connectivity index (χ2v) is 7.64. The Kier molecular flexibility index (Phi) is 4.65. The Morgan fingerprint density at radius 2 is 1.52 bits per heavy atom. The Labute approximate surface area is 157 Å². The number of hydrogen-bond donors (Lipinski definition) is 0. The molecule has 1 aliphatic heterocycles. The topological polar surface area (TPSA) is 12.4 Å². The first-order valence-electron chi connectivity index (χ1n) is 8.33. The molecule has 0 saturated carbocycles. The fourth-order valence-electron chi connectivity index (χ4n) is 2.97. The van der Waals surface area contributed by atoms with Crippen molar-refractivity contribution in [2.24, 2.45) is 4.99 Å². The van der Waals surface area contributed by atoms with Gasteiger partial charge in [0.25, 0.3) is 0 Å². The molecular formula is C22H18ClNS. The molecule has 25 heavy (non-hydrogen) atoms. The lowest BCUT2D eigenvalue weighted by molar-refractivity contribution is 0.850. The van der Waals surface area contributed by atoms with E-state index in [0.29, 0.717) is 0 Å². The van der Waals surface area contributed by atoms with Crippen LogP contribution in [0, 0.1) is 6.92 Å². The lowest BCUT2D eigenvalue weighted by Gasteiger charge is -2.08. The number of aliphatic imine (C=N–C) groups is 1. The van der Waals surface area contributed by atoms with Gasteiger partial charge >= 0.3 is 0 Å². The van der Waals surface area contributed by atoms with Gasteiger partial charge in [0.2, 0.25) is 0 Å². The number of rotatable bonds is 3. The van der Waals surface area contributed by atoms with Gasteiger partial charge in [0.15, 0.2) is 0 Å². The fourth-order valence-corrected chi connectivity index (χ4v) is 4.37. The van der Waals surface area contributed by atoms with Crippen molar-refractivity contribution in [2.75, 3.05) is 5.75 Å². The molecule has 0 fully saturated rings. The van der Waals surface area contributed by atoms with E-state index < -0.39 is 0 Å². The van der Waals surface area contributed by atoms with Gasteiger partial charge in [-0.25, -0.2) is 0 Å². The third-order valence-corrected chi connectivity index (χ3v) is 5.85. The predicted octanol–water partition coefficient (Wildman–Crippen LogP) is 6.55. The van der Waals surface area contributed by atoms with Crippen LogP contribution in [0.3, 0.4) is 0 Å². The average Bonchev–Trinajstić information content (AvgIpc) is 3.13. The largest absolute Gasteiger partial charge is 0.269 e. The first-order valence-corrected chi connectivity index (χ1v) is 9.69. The molecule has 0 aliphatic carbocycles. The van der Waals surface area contributed by atoms with Gasteiger partial charge in [-0.15, -0.1) is 11.8 Å². The van der Waals surface area contributed by atoms with Gasteiger partial charge in [0.05, 0.1) is 11.1 Å². The summed E-state index contributed by atoms with van der Waals surface area (Å²) >= 11 is 8.08. The second kappa shape index (κ2) is 7.07. The Hall–Kier alpha value is -2.03. The van der Waals surface area contributed by atoms with Crippen molar-refractivity contribution in [1.29, 1.82) is 0 Å². The van der Waals surface area contributed by atoms with Gasteiger partial charge in [-0.1, -0.05) is 83.9 Å². The third-order valence-electron chi connectivity index (χ3n) is 4.44. The highest BCUT2D eigenvalue weighted by molar-refractivity contribution is 8.14. The molecule has 1 heterocycles. The van der Waals surface area contributed by atoms with Crippen LogP contribution < -0.4 is 0 Å². The van der Waals surface area contributed by atoms with Crippen LogP contribution in [0.2, 0.25) is 5.02 Å². The van der Waals surface area contributed by atoms with E-state index in [9.17, 15) is 0 Å². The van der Waals surface area contributed by atoms with Crippen LogP contribution in [-0.4, -0.2) is 10.8 Å². The Morgan fingerprint density at radius 1 is 0.880 bits per heavy atom. The standard InChI is InChI=1S/C22H18ClNS/c1-15-6-8-16(9-7-15)17-10-12-18(13-11-17)21-14-25-22(24-21)19-4-2-3-5-20(19)23/h2-13,21H,14H2,1H3. The Bertz CT molecular complexity index is 914. The summed E-state index contributed by atoms with van der Waals surface area (Å²) in [5, 5.41) is 1.81. The second-order valence-electron chi connectivity index (χ2n) is 6.23. The summed E-state index contributed by atoms with van der Waals surface area (Å²) in [5.41, 5.74) is 6.06. The zero-order chi connectivity index (χ0) is 17.2. The van der Waals surface area contributed by atoms with Crippen molar-refractivity contribution in [3.63, 3.8) is 0 Å². The van der Waals surface area contributed by atoms with Crippen molar-refractivity contribution < 1.29 is 0 Å². The van der Waals surface area contributed by atoms with E-state index in [2.05, 4.69) is 55.5 Å². The molecule has 0 radical (unpaired) electrons. The van der Waals surface area contributed by atoms with Gasteiger partial charge in [0, 0.05) is 11.3 Å². The molecule has 1 atom stereocenters. The lowest BCUT2D eigenvalue weighted by Crippen LogP contribution is -1.94. The molecule has 124 valence electrons. The molecule has 0 aromatic heterocycles. The molecule has 0 bridgehead atoms. The zero-order valence-electron chi connectivity index (χ0n) is 13.9. The van der Waals surface area contributed by atoms with E-state index in [-0.39, 0.29) is 6.04 Å². The highest BCUT2D eigenvalue weighted by Crippen LogP contribution is 2.35. The predicted molar refractivity (Wildman–Crippen MR) is 110 cm³/mol. The summed E-state index contributed by atoms with van der Waals surface area (Å²) < 4.78 is 0. The van der Waals surface area contributed by atoms with Crippen molar-refractivity contribution in [1.82, 2.24) is 0 Å². The van der Waals surface area contributed by atoms with Crippen molar-refractivity contribution >= 4 is 28.4 Å². The van der Waals surface area contributed by atoms with Crippen molar-refractivity contribution in [2.45, 2.75) is 13.0 Å². The summed E-state index contributed by atoms with van der Waals surface area (Å²) in [6.45, 7) is 2.11. The first kappa shape index (κ1) is 16.4. The highest BCUT2D eigenvalue weighted by Gasteiger charge is 2.22. The highest BCUT2D eigenvalue weighted by atomic mass is 35.5. The zero-order valence-corrected chi connectivity index (χ0v) is 15.5. The molecule has 3 heteroatoms. The van der Waals surface area contributed by atoms with Gasteiger partial charge in [-0.05, 0) is 29.7 Å². The van der Waals surface area contributed by atoms with E-state index in [1.54, 1.807) is 11.8 Å². The summed E-state index contributed by atoms with van der Waals surface area (Å²) in [6, 6.07) is 25.5. The minimum Gasteiger partial charge on any atom is -0.269 e. The first-order chi connectivity index (χ1) is 12.2. The van der Waals surface area contributed by atoms with Gasteiger partial charge < -0.3 is 0 Å². The smallest absolute Gasteiger partial charge is 0.100 e. The number of nitrogens with zero attached hydrogens (tertiary/aromatic N) is 1. The van der Waals surface area contributed by atoms with Crippen LogP contribution in [0.4, 0.5) is 0 Å². The molecular weight excluding hydrogens is 346 g/mol. The Morgan fingerprint density at radius 3 is 2.20 bits per heavy atom.